The van der Waals surface area contributed by atoms with E-state index in [-0.39, 0.29) is 0 Å². The molecule has 104 valence electrons. The first-order chi connectivity index (χ1) is 9.13. The van der Waals surface area contributed by atoms with E-state index < -0.39 is 0 Å². The highest BCUT2D eigenvalue weighted by molar-refractivity contribution is 5.52. The molecule has 1 saturated heterocycles. The molecule has 3 nitrogen and oxygen atoms in total. The summed E-state index contributed by atoms with van der Waals surface area (Å²) in [4.78, 5) is 5.16. The summed E-state index contributed by atoms with van der Waals surface area (Å²) in [7, 11) is 0. The van der Waals surface area contributed by atoms with Crippen LogP contribution in [-0.4, -0.2) is 35.5 Å². The van der Waals surface area contributed by atoms with Gasteiger partial charge in [-0.2, -0.15) is 0 Å². The van der Waals surface area contributed by atoms with Gasteiger partial charge in [0.05, 0.1) is 0 Å². The average Bonchev–Trinajstić information content (AvgIpc) is 2.96. The minimum atomic E-state index is 0.691. The molecule has 2 heterocycles. The first kappa shape index (κ1) is 12.9. The lowest BCUT2D eigenvalue weighted by Gasteiger charge is -2.22. The van der Waals surface area contributed by atoms with Gasteiger partial charge in [0.1, 0.15) is 0 Å². The molecule has 2 aliphatic rings. The number of benzene rings is 1. The van der Waals surface area contributed by atoms with E-state index in [1.165, 1.54) is 37.2 Å². The van der Waals surface area contributed by atoms with Crippen molar-refractivity contribution in [2.45, 2.75) is 39.4 Å². The van der Waals surface area contributed by atoms with E-state index >= 15 is 0 Å². The zero-order chi connectivity index (χ0) is 13.4. The van der Waals surface area contributed by atoms with Crippen molar-refractivity contribution in [3.8, 4) is 0 Å². The quantitative estimate of drug-likeness (QED) is 0.846. The van der Waals surface area contributed by atoms with Crippen molar-refractivity contribution in [3.05, 3.63) is 29.3 Å². The SMILES string of the molecule is CC(C)N1CCC(CN2Cc3cccc(N)c3C2)C1. The van der Waals surface area contributed by atoms with Crippen LogP contribution in [0.5, 0.6) is 0 Å². The van der Waals surface area contributed by atoms with Crippen LogP contribution in [0.25, 0.3) is 0 Å². The summed E-state index contributed by atoms with van der Waals surface area (Å²) in [6.07, 6.45) is 1.35. The molecule has 1 aromatic carbocycles. The Hall–Kier alpha value is -1.06. The van der Waals surface area contributed by atoms with Crippen molar-refractivity contribution in [1.29, 1.82) is 0 Å². The third-order valence-corrected chi connectivity index (χ3v) is 4.65. The van der Waals surface area contributed by atoms with Gasteiger partial charge in [-0.05, 0) is 49.9 Å². The summed E-state index contributed by atoms with van der Waals surface area (Å²) in [5, 5.41) is 0. The average molecular weight is 259 g/mol. The number of likely N-dealkylation sites (tertiary alicyclic amines) is 1. The summed E-state index contributed by atoms with van der Waals surface area (Å²) in [6, 6.07) is 7.02. The number of hydrogen-bond acceptors (Lipinski definition) is 3. The summed E-state index contributed by atoms with van der Waals surface area (Å²) < 4.78 is 0. The van der Waals surface area contributed by atoms with E-state index in [2.05, 4.69) is 35.8 Å². The summed E-state index contributed by atoms with van der Waals surface area (Å²) >= 11 is 0. The van der Waals surface area contributed by atoms with Gasteiger partial charge in [-0.3, -0.25) is 4.90 Å². The van der Waals surface area contributed by atoms with E-state index in [1.807, 2.05) is 6.07 Å². The normalized spacial score (nSPS) is 24.3. The Morgan fingerprint density at radius 2 is 2.16 bits per heavy atom. The predicted octanol–water partition coefficient (Wildman–Crippen LogP) is 2.31. The van der Waals surface area contributed by atoms with Crippen molar-refractivity contribution in [2.75, 3.05) is 25.4 Å². The Balaban J connectivity index is 1.58. The molecule has 2 N–H and O–H groups in total. The van der Waals surface area contributed by atoms with Crippen molar-refractivity contribution in [2.24, 2.45) is 5.92 Å². The van der Waals surface area contributed by atoms with Gasteiger partial charge in [0.15, 0.2) is 0 Å². The molecular formula is C16H25N3. The first-order valence-electron chi connectivity index (χ1n) is 7.46. The van der Waals surface area contributed by atoms with Gasteiger partial charge < -0.3 is 10.6 Å². The Kier molecular flexibility index (Phi) is 3.50. The van der Waals surface area contributed by atoms with Crippen LogP contribution in [-0.2, 0) is 13.1 Å². The Labute approximate surface area is 116 Å². The molecule has 0 saturated carbocycles. The van der Waals surface area contributed by atoms with E-state index in [9.17, 15) is 0 Å². The second kappa shape index (κ2) is 5.14. The van der Waals surface area contributed by atoms with E-state index in [0.717, 1.165) is 24.7 Å². The molecule has 0 spiro atoms. The molecule has 0 bridgehead atoms. The fourth-order valence-corrected chi connectivity index (χ4v) is 3.49. The number of nitrogens with two attached hydrogens (primary N) is 1. The smallest absolute Gasteiger partial charge is 0.0363 e. The molecule has 0 aromatic heterocycles. The lowest BCUT2D eigenvalue weighted by atomic mass is 10.1. The zero-order valence-corrected chi connectivity index (χ0v) is 12.1. The second-order valence-electron chi connectivity index (χ2n) is 6.40. The van der Waals surface area contributed by atoms with Crippen LogP contribution in [0.15, 0.2) is 18.2 Å². The van der Waals surface area contributed by atoms with Crippen molar-refractivity contribution < 1.29 is 0 Å². The molecule has 0 amide bonds. The second-order valence-corrected chi connectivity index (χ2v) is 6.40. The highest BCUT2D eigenvalue weighted by atomic mass is 15.2. The molecule has 2 aliphatic heterocycles. The maximum absolute atomic E-state index is 6.07. The van der Waals surface area contributed by atoms with Crippen molar-refractivity contribution >= 4 is 5.69 Å². The minimum Gasteiger partial charge on any atom is -0.398 e. The van der Waals surface area contributed by atoms with Crippen molar-refractivity contribution in [1.82, 2.24) is 9.80 Å². The Morgan fingerprint density at radius 1 is 1.32 bits per heavy atom. The molecule has 1 unspecified atom stereocenters. The van der Waals surface area contributed by atoms with Gasteiger partial charge in [-0.25, -0.2) is 0 Å². The highest BCUT2D eigenvalue weighted by Gasteiger charge is 2.28. The van der Waals surface area contributed by atoms with Gasteiger partial charge >= 0.3 is 0 Å². The van der Waals surface area contributed by atoms with Gasteiger partial charge in [-0.1, -0.05) is 12.1 Å². The molecular weight excluding hydrogens is 234 g/mol. The topological polar surface area (TPSA) is 32.5 Å². The number of nitrogen functional groups attached to an aromatic ring is 1. The van der Waals surface area contributed by atoms with Crippen LogP contribution in [0.2, 0.25) is 0 Å². The Bertz CT molecular complexity index is 455. The predicted molar refractivity (Wildman–Crippen MR) is 79.8 cm³/mol. The molecule has 1 fully saturated rings. The lowest BCUT2D eigenvalue weighted by molar-refractivity contribution is 0.217. The molecule has 1 aromatic rings. The summed E-state index contributed by atoms with van der Waals surface area (Å²) in [6.45, 7) is 10.5. The van der Waals surface area contributed by atoms with Crippen molar-refractivity contribution in [3.63, 3.8) is 0 Å². The van der Waals surface area contributed by atoms with Gasteiger partial charge in [0, 0.05) is 37.9 Å². The number of hydrogen-bond donors (Lipinski definition) is 1. The van der Waals surface area contributed by atoms with Gasteiger partial charge in [-0.15, -0.1) is 0 Å². The van der Waals surface area contributed by atoms with Crippen LogP contribution in [0.1, 0.15) is 31.4 Å². The van der Waals surface area contributed by atoms with Crippen LogP contribution in [0, 0.1) is 5.92 Å². The summed E-state index contributed by atoms with van der Waals surface area (Å²) in [5.41, 5.74) is 9.83. The van der Waals surface area contributed by atoms with Crippen LogP contribution >= 0.6 is 0 Å². The molecule has 19 heavy (non-hydrogen) atoms. The van der Waals surface area contributed by atoms with Crippen LogP contribution in [0.3, 0.4) is 0 Å². The number of fused-ring (bicyclic) bond motifs is 1. The van der Waals surface area contributed by atoms with Crippen LogP contribution in [0.4, 0.5) is 5.69 Å². The molecule has 3 rings (SSSR count). The molecule has 0 aliphatic carbocycles. The maximum atomic E-state index is 6.07. The number of rotatable bonds is 3. The van der Waals surface area contributed by atoms with E-state index in [4.69, 9.17) is 5.73 Å². The number of nitrogens with zero attached hydrogens (tertiary/aromatic N) is 2. The highest BCUT2D eigenvalue weighted by Crippen LogP contribution is 2.29. The Morgan fingerprint density at radius 3 is 2.84 bits per heavy atom. The van der Waals surface area contributed by atoms with E-state index in [1.54, 1.807) is 0 Å². The van der Waals surface area contributed by atoms with Crippen LogP contribution < -0.4 is 5.73 Å². The molecule has 3 heteroatoms. The zero-order valence-electron chi connectivity index (χ0n) is 12.1. The third-order valence-electron chi connectivity index (χ3n) is 4.65. The van der Waals surface area contributed by atoms with Gasteiger partial charge in [0.25, 0.3) is 0 Å². The minimum absolute atomic E-state index is 0.691. The third kappa shape index (κ3) is 2.63. The number of anilines is 1. The largest absolute Gasteiger partial charge is 0.398 e. The monoisotopic (exact) mass is 259 g/mol. The molecule has 1 atom stereocenters. The summed E-state index contributed by atoms with van der Waals surface area (Å²) in [5.74, 6) is 0.831. The standard InChI is InChI=1S/C16H25N3/c1-12(2)19-7-6-13(9-19)8-18-10-14-4-3-5-16(17)15(14)11-18/h3-5,12-13H,6-11,17H2,1-2H3. The fraction of sp³-hybridized carbons (Fsp3) is 0.625. The van der Waals surface area contributed by atoms with E-state index in [0.29, 0.717) is 6.04 Å². The lowest BCUT2D eigenvalue weighted by Crippen LogP contribution is -2.31. The maximum Gasteiger partial charge on any atom is 0.0363 e. The van der Waals surface area contributed by atoms with Gasteiger partial charge in [0.2, 0.25) is 0 Å². The fourth-order valence-electron chi connectivity index (χ4n) is 3.49. The molecule has 0 radical (unpaired) electrons. The first-order valence-corrected chi connectivity index (χ1v) is 7.46.